The van der Waals surface area contributed by atoms with Gasteiger partial charge in [0.15, 0.2) is 0 Å². The molecule has 1 amide bonds. The lowest BCUT2D eigenvalue weighted by molar-refractivity contribution is -0.122. The highest BCUT2D eigenvalue weighted by atomic mass is 32.2. The van der Waals surface area contributed by atoms with Crippen LogP contribution in [0.3, 0.4) is 0 Å². The van der Waals surface area contributed by atoms with Crippen molar-refractivity contribution in [2.45, 2.75) is 82.7 Å². The Balaban J connectivity index is 2.35. The third kappa shape index (κ3) is 5.70. The van der Waals surface area contributed by atoms with Crippen LogP contribution in [0.1, 0.15) is 64.4 Å². The molecule has 0 aliphatic heterocycles. The lowest BCUT2D eigenvalue weighted by Gasteiger charge is -2.33. The van der Waals surface area contributed by atoms with Crippen LogP contribution in [-0.4, -0.2) is 44.4 Å². The highest BCUT2D eigenvalue weighted by Gasteiger charge is 2.35. The number of amides is 1. The fourth-order valence-corrected chi connectivity index (χ4v) is 5.74. The first kappa shape index (κ1) is 22.7. The monoisotopic (exact) mass is 410 g/mol. The summed E-state index contributed by atoms with van der Waals surface area (Å²) in [5.74, 6) is 0.0629. The highest BCUT2D eigenvalue weighted by Crippen LogP contribution is 2.32. The first-order chi connectivity index (χ1) is 13.3. The Bertz CT molecular complexity index is 758. The highest BCUT2D eigenvalue weighted by molar-refractivity contribution is 7.89. The molecule has 1 saturated carbocycles. The largest absolute Gasteiger partial charge is 0.495 e. The Kier molecular flexibility index (Phi) is 8.31. The lowest BCUT2D eigenvalue weighted by atomic mass is 9.95. The molecule has 1 aliphatic carbocycles. The Morgan fingerprint density at radius 2 is 1.96 bits per heavy atom. The summed E-state index contributed by atoms with van der Waals surface area (Å²) in [5.41, 5.74) is 0.837. The molecule has 1 N–H and O–H groups in total. The van der Waals surface area contributed by atoms with Gasteiger partial charge in [0.05, 0.1) is 13.7 Å². The number of aryl methyl sites for hydroxylation is 1. The molecule has 0 spiro atoms. The zero-order valence-corrected chi connectivity index (χ0v) is 18.3. The van der Waals surface area contributed by atoms with Crippen LogP contribution < -0.4 is 10.1 Å². The van der Waals surface area contributed by atoms with Gasteiger partial charge in [0.25, 0.3) is 0 Å². The number of nitrogens with zero attached hydrogens (tertiary/aromatic N) is 1. The molecule has 1 fully saturated rings. The molecule has 7 heteroatoms. The van der Waals surface area contributed by atoms with Gasteiger partial charge in [-0.05, 0) is 50.8 Å². The van der Waals surface area contributed by atoms with Crippen LogP contribution in [-0.2, 0) is 14.8 Å². The zero-order chi connectivity index (χ0) is 20.7. The molecule has 0 radical (unpaired) electrons. The van der Waals surface area contributed by atoms with Crippen molar-refractivity contribution in [2.24, 2.45) is 0 Å². The van der Waals surface area contributed by atoms with Crippen molar-refractivity contribution < 1.29 is 17.9 Å². The normalized spacial score (nSPS) is 16.8. The third-order valence-corrected chi connectivity index (χ3v) is 7.24. The van der Waals surface area contributed by atoms with Gasteiger partial charge < -0.3 is 10.1 Å². The maximum absolute atomic E-state index is 13.6. The van der Waals surface area contributed by atoms with Gasteiger partial charge in [-0.1, -0.05) is 38.7 Å². The quantitative estimate of drug-likeness (QED) is 0.674. The minimum absolute atomic E-state index is 0.0296. The van der Waals surface area contributed by atoms with Crippen LogP contribution in [0.4, 0.5) is 0 Å². The minimum Gasteiger partial charge on any atom is -0.495 e. The van der Waals surface area contributed by atoms with E-state index in [4.69, 9.17) is 4.74 Å². The fourth-order valence-electron chi connectivity index (χ4n) is 3.86. The summed E-state index contributed by atoms with van der Waals surface area (Å²) in [6, 6.07) is 4.99. The summed E-state index contributed by atoms with van der Waals surface area (Å²) in [7, 11) is -2.40. The van der Waals surface area contributed by atoms with Crippen LogP contribution >= 0.6 is 0 Å². The number of carbonyl (C=O) groups is 1. The van der Waals surface area contributed by atoms with E-state index in [0.717, 1.165) is 50.5 Å². The van der Waals surface area contributed by atoms with Gasteiger partial charge in [-0.25, -0.2) is 8.42 Å². The topological polar surface area (TPSA) is 75.7 Å². The van der Waals surface area contributed by atoms with E-state index >= 15 is 0 Å². The second-order valence-corrected chi connectivity index (χ2v) is 9.61. The van der Waals surface area contributed by atoms with Gasteiger partial charge >= 0.3 is 0 Å². The van der Waals surface area contributed by atoms with Crippen LogP contribution in [0.5, 0.6) is 5.75 Å². The number of rotatable bonds is 9. The van der Waals surface area contributed by atoms with Crippen molar-refractivity contribution in [1.29, 1.82) is 0 Å². The average Bonchev–Trinajstić information content (AvgIpc) is 2.66. The van der Waals surface area contributed by atoms with Crippen molar-refractivity contribution in [3.05, 3.63) is 23.8 Å². The van der Waals surface area contributed by atoms with Crippen LogP contribution in [0.25, 0.3) is 0 Å². The molecule has 2 rings (SSSR count). The van der Waals surface area contributed by atoms with Crippen molar-refractivity contribution in [3.63, 3.8) is 0 Å². The van der Waals surface area contributed by atoms with E-state index in [0.29, 0.717) is 5.75 Å². The van der Waals surface area contributed by atoms with Crippen molar-refractivity contribution in [2.75, 3.05) is 13.7 Å². The molecule has 158 valence electrons. The molecule has 0 unspecified atom stereocenters. The van der Waals surface area contributed by atoms with Gasteiger partial charge in [0, 0.05) is 12.1 Å². The van der Waals surface area contributed by atoms with Gasteiger partial charge in [-0.2, -0.15) is 4.31 Å². The number of hydrogen-bond acceptors (Lipinski definition) is 4. The van der Waals surface area contributed by atoms with E-state index in [-0.39, 0.29) is 29.4 Å². The Morgan fingerprint density at radius 3 is 2.57 bits per heavy atom. The Hall–Kier alpha value is -1.60. The van der Waals surface area contributed by atoms with E-state index in [1.807, 2.05) is 19.9 Å². The predicted molar refractivity (Wildman–Crippen MR) is 111 cm³/mol. The zero-order valence-electron chi connectivity index (χ0n) is 17.5. The molecule has 6 nitrogen and oxygen atoms in total. The van der Waals surface area contributed by atoms with Crippen molar-refractivity contribution in [1.82, 2.24) is 9.62 Å². The van der Waals surface area contributed by atoms with E-state index < -0.39 is 10.0 Å². The fraction of sp³-hybridized carbons (Fsp3) is 0.667. The molecular formula is C21H34N2O4S. The maximum Gasteiger partial charge on any atom is 0.247 e. The second kappa shape index (κ2) is 10.3. The first-order valence-electron chi connectivity index (χ1n) is 10.3. The third-order valence-electron chi connectivity index (χ3n) is 5.32. The van der Waals surface area contributed by atoms with Crippen LogP contribution in [0, 0.1) is 6.92 Å². The van der Waals surface area contributed by atoms with Gasteiger partial charge in [0.2, 0.25) is 15.9 Å². The summed E-state index contributed by atoms with van der Waals surface area (Å²) in [6.07, 6.45) is 6.47. The summed E-state index contributed by atoms with van der Waals surface area (Å²) >= 11 is 0. The van der Waals surface area contributed by atoms with Crippen LogP contribution in [0.15, 0.2) is 23.1 Å². The minimum atomic E-state index is -3.86. The lowest BCUT2D eigenvalue weighted by Crippen LogP contribution is -2.48. The summed E-state index contributed by atoms with van der Waals surface area (Å²) in [5, 5.41) is 2.94. The number of carbonyl (C=O) groups excluding carboxylic acids is 1. The number of methoxy groups -OCH3 is 1. The predicted octanol–water partition coefficient (Wildman–Crippen LogP) is 3.63. The molecule has 0 aromatic heterocycles. The molecule has 1 atom stereocenters. The van der Waals surface area contributed by atoms with Crippen molar-refractivity contribution in [3.8, 4) is 5.75 Å². The van der Waals surface area contributed by atoms with Crippen LogP contribution in [0.2, 0.25) is 0 Å². The van der Waals surface area contributed by atoms with Gasteiger partial charge in [-0.15, -0.1) is 0 Å². The average molecular weight is 411 g/mol. The Morgan fingerprint density at radius 1 is 1.29 bits per heavy atom. The maximum atomic E-state index is 13.6. The Labute approximate surface area is 169 Å². The number of nitrogens with one attached hydrogen (secondary N) is 1. The molecule has 1 aliphatic rings. The molecule has 28 heavy (non-hydrogen) atoms. The molecule has 0 saturated heterocycles. The number of sulfonamides is 1. The van der Waals surface area contributed by atoms with Gasteiger partial charge in [0.1, 0.15) is 10.6 Å². The number of hydrogen-bond donors (Lipinski definition) is 1. The smallest absolute Gasteiger partial charge is 0.247 e. The summed E-state index contributed by atoms with van der Waals surface area (Å²) in [6.45, 7) is 5.70. The van der Waals surface area contributed by atoms with Gasteiger partial charge in [-0.3, -0.25) is 4.79 Å². The summed E-state index contributed by atoms with van der Waals surface area (Å²) < 4.78 is 33.9. The van der Waals surface area contributed by atoms with E-state index in [1.54, 1.807) is 12.1 Å². The SMILES string of the molecule is CCC[C@H](C)NC(=O)CN(C1CCCCC1)S(=O)(=O)c1cc(C)ccc1OC. The molecule has 1 aromatic carbocycles. The first-order valence-corrected chi connectivity index (χ1v) is 11.7. The molecular weight excluding hydrogens is 376 g/mol. The standard InChI is InChI=1S/C21H34N2O4S/c1-5-9-17(3)22-21(24)15-23(18-10-7-6-8-11-18)28(25,26)20-14-16(2)12-13-19(20)27-4/h12-14,17-18H,5-11,15H2,1-4H3,(H,22,24)/t17-/m0/s1. The molecule has 1 aromatic rings. The number of ether oxygens (including phenoxy) is 1. The van der Waals surface area contributed by atoms with E-state index in [9.17, 15) is 13.2 Å². The molecule has 0 heterocycles. The molecule has 0 bridgehead atoms. The van der Waals surface area contributed by atoms with E-state index in [2.05, 4.69) is 12.2 Å². The number of benzene rings is 1. The second-order valence-electron chi connectivity index (χ2n) is 7.75. The van der Waals surface area contributed by atoms with Crippen molar-refractivity contribution >= 4 is 15.9 Å². The summed E-state index contributed by atoms with van der Waals surface area (Å²) in [4.78, 5) is 12.8. The van der Waals surface area contributed by atoms with E-state index in [1.165, 1.54) is 11.4 Å².